The molecule has 0 aliphatic carbocycles. The Balaban J connectivity index is 1.88. The number of rotatable bonds is 8. The van der Waals surface area contributed by atoms with Crippen molar-refractivity contribution in [1.29, 1.82) is 0 Å². The summed E-state index contributed by atoms with van der Waals surface area (Å²) < 4.78 is 10.6. The molecule has 0 heterocycles. The summed E-state index contributed by atoms with van der Waals surface area (Å²) in [4.78, 5) is 5.69. The van der Waals surface area contributed by atoms with Gasteiger partial charge in [-0.3, -0.25) is 0 Å². The zero-order valence-electron chi connectivity index (χ0n) is 15.8. The van der Waals surface area contributed by atoms with Gasteiger partial charge in [-0.25, -0.2) is 4.99 Å². The number of nitrogens with zero attached hydrogens (tertiary/aromatic N) is 1. The van der Waals surface area contributed by atoms with E-state index in [4.69, 9.17) is 15.2 Å². The van der Waals surface area contributed by atoms with Gasteiger partial charge in [-0.15, -0.1) is 11.8 Å². The second kappa shape index (κ2) is 9.97. The van der Waals surface area contributed by atoms with Gasteiger partial charge < -0.3 is 20.5 Å². The van der Waals surface area contributed by atoms with E-state index in [0.29, 0.717) is 19.0 Å². The Bertz CT molecular complexity index is 763. The van der Waals surface area contributed by atoms with E-state index < -0.39 is 0 Å². The number of ether oxygens (including phenoxy) is 2. The molecule has 0 radical (unpaired) electrons. The van der Waals surface area contributed by atoms with Gasteiger partial charge in [-0.2, -0.15) is 0 Å². The van der Waals surface area contributed by atoms with Gasteiger partial charge >= 0.3 is 0 Å². The van der Waals surface area contributed by atoms with Crippen LogP contribution in [0.15, 0.2) is 46.3 Å². The topological polar surface area (TPSA) is 68.9 Å². The number of aliphatic imine (C=N–C) groups is 1. The van der Waals surface area contributed by atoms with Gasteiger partial charge in [-0.05, 0) is 54.5 Å². The van der Waals surface area contributed by atoms with E-state index in [9.17, 15) is 0 Å². The van der Waals surface area contributed by atoms with Gasteiger partial charge in [-0.1, -0.05) is 18.2 Å². The maximum absolute atomic E-state index is 6.00. The fraction of sp³-hybridized carbons (Fsp3) is 0.350. The molecule has 0 unspecified atom stereocenters. The number of thioether (sulfide) groups is 1. The maximum atomic E-state index is 6.00. The predicted molar refractivity (Wildman–Crippen MR) is 110 cm³/mol. The third kappa shape index (κ3) is 5.59. The first kappa shape index (κ1) is 20.0. The molecule has 0 saturated carbocycles. The molecule has 0 spiro atoms. The van der Waals surface area contributed by atoms with Gasteiger partial charge in [0.2, 0.25) is 0 Å². The predicted octanol–water partition coefficient (Wildman–Crippen LogP) is 3.38. The van der Waals surface area contributed by atoms with Crippen LogP contribution in [0.4, 0.5) is 0 Å². The van der Waals surface area contributed by atoms with E-state index in [1.54, 1.807) is 26.0 Å². The van der Waals surface area contributed by atoms with Crippen molar-refractivity contribution in [2.75, 3.05) is 27.0 Å². The van der Waals surface area contributed by atoms with Crippen molar-refractivity contribution in [3.63, 3.8) is 0 Å². The number of hydrogen-bond acceptors (Lipinski definition) is 4. The van der Waals surface area contributed by atoms with E-state index in [0.717, 1.165) is 23.5 Å². The highest BCUT2D eigenvalue weighted by molar-refractivity contribution is 7.98. The SMILES string of the molecule is COc1ccc(CCNC(N)=NCc2ccc(C)cc2SC)cc1OC. The van der Waals surface area contributed by atoms with E-state index in [-0.39, 0.29) is 0 Å². The summed E-state index contributed by atoms with van der Waals surface area (Å²) in [6.07, 6.45) is 2.89. The Kier molecular flexibility index (Phi) is 7.66. The number of nitrogens with two attached hydrogens (primary N) is 1. The molecular formula is C20H27N3O2S. The molecule has 2 aromatic rings. The van der Waals surface area contributed by atoms with Crippen LogP contribution < -0.4 is 20.5 Å². The van der Waals surface area contributed by atoms with Crippen molar-refractivity contribution in [3.8, 4) is 11.5 Å². The minimum atomic E-state index is 0.457. The summed E-state index contributed by atoms with van der Waals surface area (Å²) in [5, 5.41) is 3.17. The second-order valence-electron chi connectivity index (χ2n) is 5.88. The smallest absolute Gasteiger partial charge is 0.188 e. The van der Waals surface area contributed by atoms with Crippen molar-refractivity contribution in [1.82, 2.24) is 5.32 Å². The second-order valence-corrected chi connectivity index (χ2v) is 6.73. The molecule has 26 heavy (non-hydrogen) atoms. The molecule has 2 rings (SSSR count). The molecular weight excluding hydrogens is 346 g/mol. The minimum absolute atomic E-state index is 0.457. The van der Waals surface area contributed by atoms with E-state index in [1.807, 2.05) is 18.2 Å². The Labute approximate surface area is 160 Å². The van der Waals surface area contributed by atoms with Crippen LogP contribution >= 0.6 is 11.8 Å². The monoisotopic (exact) mass is 373 g/mol. The molecule has 0 aromatic heterocycles. The van der Waals surface area contributed by atoms with Gasteiger partial charge in [0.25, 0.3) is 0 Å². The molecule has 0 amide bonds. The van der Waals surface area contributed by atoms with Crippen LogP contribution in [-0.4, -0.2) is 33.0 Å². The van der Waals surface area contributed by atoms with Gasteiger partial charge in [0, 0.05) is 11.4 Å². The van der Waals surface area contributed by atoms with Crippen molar-refractivity contribution in [3.05, 3.63) is 53.1 Å². The van der Waals surface area contributed by atoms with Crippen LogP contribution in [0.5, 0.6) is 11.5 Å². The summed E-state index contributed by atoms with van der Waals surface area (Å²) in [5.74, 6) is 1.92. The van der Waals surface area contributed by atoms with Gasteiger partial charge in [0.05, 0.1) is 20.8 Å². The van der Waals surface area contributed by atoms with Gasteiger partial charge in [0.1, 0.15) is 0 Å². The third-order valence-corrected chi connectivity index (χ3v) is 4.85. The average molecular weight is 374 g/mol. The summed E-state index contributed by atoms with van der Waals surface area (Å²) in [6.45, 7) is 3.37. The highest BCUT2D eigenvalue weighted by Gasteiger charge is 2.05. The zero-order chi connectivity index (χ0) is 18.9. The zero-order valence-corrected chi connectivity index (χ0v) is 16.7. The third-order valence-electron chi connectivity index (χ3n) is 4.03. The number of aryl methyl sites for hydroxylation is 1. The van der Waals surface area contributed by atoms with Crippen LogP contribution in [0.25, 0.3) is 0 Å². The van der Waals surface area contributed by atoms with Gasteiger partial charge in [0.15, 0.2) is 17.5 Å². The molecule has 6 heteroatoms. The summed E-state index contributed by atoms with van der Waals surface area (Å²) in [5.41, 5.74) is 9.58. The lowest BCUT2D eigenvalue weighted by molar-refractivity contribution is 0.354. The molecule has 3 N–H and O–H groups in total. The Morgan fingerprint density at radius 2 is 1.88 bits per heavy atom. The maximum Gasteiger partial charge on any atom is 0.188 e. The molecule has 5 nitrogen and oxygen atoms in total. The fourth-order valence-electron chi connectivity index (χ4n) is 2.58. The molecule has 2 aromatic carbocycles. The Morgan fingerprint density at radius 1 is 1.12 bits per heavy atom. The highest BCUT2D eigenvalue weighted by Crippen LogP contribution is 2.27. The quantitative estimate of drug-likeness (QED) is 0.422. The molecule has 0 bridgehead atoms. The minimum Gasteiger partial charge on any atom is -0.493 e. The lowest BCUT2D eigenvalue weighted by Gasteiger charge is -2.10. The lowest BCUT2D eigenvalue weighted by atomic mass is 10.1. The number of benzene rings is 2. The first-order chi connectivity index (χ1) is 12.6. The molecule has 0 aliphatic rings. The summed E-state index contributed by atoms with van der Waals surface area (Å²) >= 11 is 1.73. The summed E-state index contributed by atoms with van der Waals surface area (Å²) in [6, 6.07) is 12.3. The van der Waals surface area contributed by atoms with Crippen LogP contribution in [-0.2, 0) is 13.0 Å². The molecule has 0 atom stereocenters. The largest absolute Gasteiger partial charge is 0.493 e. The normalized spacial score (nSPS) is 11.3. The first-order valence-corrected chi connectivity index (χ1v) is 9.68. The van der Waals surface area contributed by atoms with Crippen LogP contribution in [0.3, 0.4) is 0 Å². The average Bonchev–Trinajstić information content (AvgIpc) is 2.66. The molecule has 0 fully saturated rings. The van der Waals surface area contributed by atoms with E-state index >= 15 is 0 Å². The van der Waals surface area contributed by atoms with Crippen molar-refractivity contribution < 1.29 is 9.47 Å². The number of nitrogens with one attached hydrogen (secondary N) is 1. The van der Waals surface area contributed by atoms with E-state index in [1.165, 1.54) is 16.0 Å². The first-order valence-electron chi connectivity index (χ1n) is 8.45. The van der Waals surface area contributed by atoms with Crippen LogP contribution in [0, 0.1) is 6.92 Å². The number of hydrogen-bond donors (Lipinski definition) is 2. The van der Waals surface area contributed by atoms with E-state index in [2.05, 4.69) is 41.7 Å². The molecule has 0 aliphatic heterocycles. The van der Waals surface area contributed by atoms with Crippen molar-refractivity contribution >= 4 is 17.7 Å². The molecule has 140 valence electrons. The summed E-state index contributed by atoms with van der Waals surface area (Å²) in [7, 11) is 3.27. The lowest BCUT2D eigenvalue weighted by Crippen LogP contribution is -2.33. The van der Waals surface area contributed by atoms with Crippen LogP contribution in [0.2, 0.25) is 0 Å². The van der Waals surface area contributed by atoms with Crippen LogP contribution in [0.1, 0.15) is 16.7 Å². The fourth-order valence-corrected chi connectivity index (χ4v) is 3.28. The van der Waals surface area contributed by atoms with Crippen molar-refractivity contribution in [2.24, 2.45) is 10.7 Å². The highest BCUT2D eigenvalue weighted by atomic mass is 32.2. The number of guanidine groups is 1. The number of methoxy groups -OCH3 is 2. The molecule has 0 saturated heterocycles. The standard InChI is InChI=1S/C20H27N3O2S/c1-14-5-7-16(19(11-14)26-4)13-23-20(21)22-10-9-15-6-8-17(24-2)18(12-15)25-3/h5-8,11-12H,9-10,13H2,1-4H3,(H3,21,22,23). The Hall–Kier alpha value is -2.34. The Morgan fingerprint density at radius 3 is 2.58 bits per heavy atom. The van der Waals surface area contributed by atoms with Crippen molar-refractivity contribution in [2.45, 2.75) is 24.8 Å².